The van der Waals surface area contributed by atoms with Crippen molar-refractivity contribution in [3.63, 3.8) is 0 Å². The van der Waals surface area contributed by atoms with Crippen molar-refractivity contribution < 1.29 is 4.52 Å². The summed E-state index contributed by atoms with van der Waals surface area (Å²) in [7, 11) is 0. The fourth-order valence-electron chi connectivity index (χ4n) is 1.58. The van der Waals surface area contributed by atoms with E-state index in [1.165, 1.54) is 0 Å². The van der Waals surface area contributed by atoms with Crippen LogP contribution in [0.5, 0.6) is 0 Å². The van der Waals surface area contributed by atoms with Crippen LogP contribution in [0.2, 0.25) is 0 Å². The van der Waals surface area contributed by atoms with E-state index in [9.17, 15) is 0 Å². The third kappa shape index (κ3) is 5.47. The van der Waals surface area contributed by atoms with Gasteiger partial charge in [-0.25, -0.2) is 0 Å². The quantitative estimate of drug-likeness (QED) is 0.756. The number of nitrogens with one attached hydrogen (secondary N) is 1. The number of hydrogen-bond acceptors (Lipinski definition) is 4. The Kier molecular flexibility index (Phi) is 5.56. The molecule has 0 bridgehead atoms. The first kappa shape index (κ1) is 14.9. The molecule has 0 aliphatic heterocycles. The highest BCUT2D eigenvalue weighted by Crippen LogP contribution is 2.09. The third-order valence-corrected chi connectivity index (χ3v) is 2.62. The molecule has 0 aromatic carbocycles. The molecule has 0 aliphatic rings. The van der Waals surface area contributed by atoms with Gasteiger partial charge >= 0.3 is 0 Å². The van der Waals surface area contributed by atoms with E-state index < -0.39 is 0 Å². The molecule has 0 atom stereocenters. The van der Waals surface area contributed by atoms with Crippen LogP contribution in [-0.2, 0) is 13.1 Å². The Morgan fingerprint density at radius 2 is 2.22 bits per heavy atom. The Labute approximate surface area is 110 Å². The lowest BCUT2D eigenvalue weighted by Crippen LogP contribution is -2.35. The van der Waals surface area contributed by atoms with Crippen molar-refractivity contribution in [2.24, 2.45) is 0 Å². The zero-order valence-electron chi connectivity index (χ0n) is 12.0. The van der Waals surface area contributed by atoms with E-state index in [2.05, 4.69) is 49.6 Å². The molecule has 18 heavy (non-hydrogen) atoms. The Bertz CT molecular complexity index is 365. The Morgan fingerprint density at radius 3 is 2.78 bits per heavy atom. The molecule has 0 radical (unpaired) electrons. The Balaban J connectivity index is 2.49. The Morgan fingerprint density at radius 1 is 1.50 bits per heavy atom. The minimum atomic E-state index is 0.0947. The molecule has 4 nitrogen and oxygen atoms in total. The van der Waals surface area contributed by atoms with Crippen LogP contribution in [0, 0.1) is 0 Å². The SMILES string of the molecule is C=CCN(CC)Cc1cc(CNC(C)(C)C)no1. The molecule has 0 fully saturated rings. The number of aromatic nitrogens is 1. The minimum Gasteiger partial charge on any atom is -0.360 e. The van der Waals surface area contributed by atoms with E-state index in [0.717, 1.165) is 37.6 Å². The van der Waals surface area contributed by atoms with Gasteiger partial charge in [-0.05, 0) is 27.3 Å². The summed E-state index contributed by atoms with van der Waals surface area (Å²) >= 11 is 0. The Hall–Kier alpha value is -1.13. The predicted molar refractivity (Wildman–Crippen MR) is 74.2 cm³/mol. The van der Waals surface area contributed by atoms with Gasteiger partial charge in [-0.15, -0.1) is 6.58 Å². The molecule has 1 heterocycles. The molecule has 0 unspecified atom stereocenters. The van der Waals surface area contributed by atoms with Crippen LogP contribution in [-0.4, -0.2) is 28.7 Å². The fourth-order valence-corrected chi connectivity index (χ4v) is 1.58. The first-order valence-electron chi connectivity index (χ1n) is 6.47. The summed E-state index contributed by atoms with van der Waals surface area (Å²) in [6.45, 7) is 15.6. The van der Waals surface area contributed by atoms with Gasteiger partial charge in [0.05, 0.1) is 12.2 Å². The summed E-state index contributed by atoms with van der Waals surface area (Å²) in [6, 6.07) is 2.02. The molecule has 4 heteroatoms. The summed E-state index contributed by atoms with van der Waals surface area (Å²) in [4.78, 5) is 2.24. The van der Waals surface area contributed by atoms with Crippen LogP contribution < -0.4 is 5.32 Å². The van der Waals surface area contributed by atoms with Gasteiger partial charge in [-0.1, -0.05) is 18.2 Å². The van der Waals surface area contributed by atoms with Crippen LogP contribution in [0.1, 0.15) is 39.1 Å². The van der Waals surface area contributed by atoms with Gasteiger partial charge in [-0.2, -0.15) is 0 Å². The fraction of sp³-hybridized carbons (Fsp3) is 0.643. The normalized spacial score (nSPS) is 12.1. The molecule has 0 saturated carbocycles. The van der Waals surface area contributed by atoms with Crippen molar-refractivity contribution in [1.29, 1.82) is 0 Å². The largest absolute Gasteiger partial charge is 0.360 e. The van der Waals surface area contributed by atoms with E-state index in [-0.39, 0.29) is 5.54 Å². The molecule has 1 aromatic heterocycles. The lowest BCUT2D eigenvalue weighted by atomic mass is 10.1. The standard InChI is InChI=1S/C14H25N3O/c1-6-8-17(7-2)11-13-9-12(16-18-13)10-15-14(3,4)5/h6,9,15H,1,7-8,10-11H2,2-5H3. The molecule has 0 spiro atoms. The molecular formula is C14H25N3O. The number of likely N-dealkylation sites (N-methyl/N-ethyl adjacent to an activating group) is 1. The van der Waals surface area contributed by atoms with E-state index in [1.54, 1.807) is 0 Å². The number of hydrogen-bond donors (Lipinski definition) is 1. The second-order valence-corrected chi connectivity index (χ2v) is 5.50. The molecule has 102 valence electrons. The summed E-state index contributed by atoms with van der Waals surface area (Å²) in [6.07, 6.45) is 1.90. The first-order valence-corrected chi connectivity index (χ1v) is 6.47. The van der Waals surface area contributed by atoms with Crippen LogP contribution >= 0.6 is 0 Å². The maximum Gasteiger partial charge on any atom is 0.151 e. The predicted octanol–water partition coefficient (Wildman–Crippen LogP) is 2.57. The van der Waals surface area contributed by atoms with Crippen molar-refractivity contribution >= 4 is 0 Å². The molecule has 0 saturated heterocycles. The van der Waals surface area contributed by atoms with Crippen LogP contribution in [0.4, 0.5) is 0 Å². The lowest BCUT2D eigenvalue weighted by Gasteiger charge is -2.19. The minimum absolute atomic E-state index is 0.0947. The van der Waals surface area contributed by atoms with Gasteiger partial charge in [0.1, 0.15) is 0 Å². The van der Waals surface area contributed by atoms with Gasteiger partial charge in [0.2, 0.25) is 0 Å². The molecule has 1 aromatic rings. The number of rotatable bonds is 7. The lowest BCUT2D eigenvalue weighted by molar-refractivity contribution is 0.260. The maximum absolute atomic E-state index is 5.34. The number of nitrogens with zero attached hydrogens (tertiary/aromatic N) is 2. The first-order chi connectivity index (χ1) is 8.44. The van der Waals surface area contributed by atoms with Gasteiger partial charge in [0, 0.05) is 24.7 Å². The zero-order valence-corrected chi connectivity index (χ0v) is 12.0. The monoisotopic (exact) mass is 251 g/mol. The van der Waals surface area contributed by atoms with Crippen molar-refractivity contribution in [3.05, 3.63) is 30.2 Å². The zero-order chi connectivity index (χ0) is 13.6. The van der Waals surface area contributed by atoms with Gasteiger partial charge in [0.15, 0.2) is 5.76 Å². The molecular weight excluding hydrogens is 226 g/mol. The highest BCUT2D eigenvalue weighted by Gasteiger charge is 2.12. The second-order valence-electron chi connectivity index (χ2n) is 5.50. The van der Waals surface area contributed by atoms with Crippen molar-refractivity contribution in [1.82, 2.24) is 15.4 Å². The van der Waals surface area contributed by atoms with Crippen molar-refractivity contribution in [2.75, 3.05) is 13.1 Å². The van der Waals surface area contributed by atoms with Gasteiger partial charge in [0.25, 0.3) is 0 Å². The molecule has 0 aliphatic carbocycles. The van der Waals surface area contributed by atoms with E-state index in [4.69, 9.17) is 4.52 Å². The van der Waals surface area contributed by atoms with Crippen LogP contribution in [0.15, 0.2) is 23.2 Å². The smallest absolute Gasteiger partial charge is 0.151 e. The summed E-state index contributed by atoms with van der Waals surface area (Å²) in [5.74, 6) is 0.907. The van der Waals surface area contributed by atoms with E-state index in [0.29, 0.717) is 0 Å². The topological polar surface area (TPSA) is 41.3 Å². The average molecular weight is 251 g/mol. The molecule has 1 rings (SSSR count). The van der Waals surface area contributed by atoms with Crippen LogP contribution in [0.3, 0.4) is 0 Å². The van der Waals surface area contributed by atoms with E-state index >= 15 is 0 Å². The average Bonchev–Trinajstić information content (AvgIpc) is 2.73. The van der Waals surface area contributed by atoms with Gasteiger partial charge < -0.3 is 9.84 Å². The van der Waals surface area contributed by atoms with Crippen molar-refractivity contribution in [3.8, 4) is 0 Å². The van der Waals surface area contributed by atoms with Crippen molar-refractivity contribution in [2.45, 2.75) is 46.3 Å². The summed E-state index contributed by atoms with van der Waals surface area (Å²) < 4.78 is 5.34. The molecule has 0 amide bonds. The van der Waals surface area contributed by atoms with Gasteiger partial charge in [-0.3, -0.25) is 4.90 Å². The van der Waals surface area contributed by atoms with E-state index in [1.807, 2.05) is 12.1 Å². The summed E-state index contributed by atoms with van der Waals surface area (Å²) in [5, 5.41) is 7.47. The summed E-state index contributed by atoms with van der Waals surface area (Å²) in [5.41, 5.74) is 1.05. The maximum atomic E-state index is 5.34. The molecule has 1 N–H and O–H groups in total. The van der Waals surface area contributed by atoms with Crippen LogP contribution in [0.25, 0.3) is 0 Å². The third-order valence-electron chi connectivity index (χ3n) is 2.62. The highest BCUT2D eigenvalue weighted by atomic mass is 16.5. The second kappa shape index (κ2) is 6.71. The highest BCUT2D eigenvalue weighted by molar-refractivity contribution is 5.05.